The van der Waals surface area contributed by atoms with Crippen molar-refractivity contribution < 1.29 is 13.2 Å². The second-order valence-corrected chi connectivity index (χ2v) is 11.2. The van der Waals surface area contributed by atoms with Gasteiger partial charge in [-0.15, -0.1) is 0 Å². The predicted octanol–water partition coefficient (Wildman–Crippen LogP) is 2.74. The van der Waals surface area contributed by atoms with Gasteiger partial charge in [0.05, 0.1) is 5.25 Å². The molecule has 2 aliphatic carbocycles. The Morgan fingerprint density at radius 2 is 1.68 bits per heavy atom. The summed E-state index contributed by atoms with van der Waals surface area (Å²) >= 11 is 0. The largest absolute Gasteiger partial charge is 0.338 e. The van der Waals surface area contributed by atoms with E-state index in [1.807, 2.05) is 11.8 Å². The molecule has 1 heterocycles. The maximum Gasteiger partial charge on any atom is 0.226 e. The number of hydrogen-bond donors (Lipinski definition) is 1. The molecule has 3 atom stereocenters. The SMILES string of the molecule is CCN(C(=O)C1CCCC(S(=O)(=O)N(C)C2CCCCC2)C1)C1CCCNC1. The van der Waals surface area contributed by atoms with Crippen LogP contribution in [0.3, 0.4) is 0 Å². The normalized spacial score (nSPS) is 30.3. The number of piperidine rings is 1. The number of hydrogen-bond acceptors (Lipinski definition) is 4. The number of carbonyl (C=O) groups is 1. The first-order chi connectivity index (χ1) is 13.4. The molecule has 7 heteroatoms. The first kappa shape index (κ1) is 22.0. The molecule has 2 saturated carbocycles. The van der Waals surface area contributed by atoms with Crippen LogP contribution in [0, 0.1) is 5.92 Å². The highest BCUT2D eigenvalue weighted by Crippen LogP contribution is 2.34. The summed E-state index contributed by atoms with van der Waals surface area (Å²) in [6, 6.07) is 0.406. The summed E-state index contributed by atoms with van der Waals surface area (Å²) in [7, 11) is -1.57. The fraction of sp³-hybridized carbons (Fsp3) is 0.952. The molecule has 0 aromatic carbocycles. The van der Waals surface area contributed by atoms with E-state index in [0.29, 0.717) is 19.4 Å². The van der Waals surface area contributed by atoms with E-state index in [9.17, 15) is 13.2 Å². The summed E-state index contributed by atoms with van der Waals surface area (Å²) in [5.41, 5.74) is 0. The lowest BCUT2D eigenvalue weighted by atomic mass is 9.87. The fourth-order valence-electron chi connectivity index (χ4n) is 5.46. The highest BCUT2D eigenvalue weighted by Gasteiger charge is 2.40. The summed E-state index contributed by atoms with van der Waals surface area (Å²) in [6.45, 7) is 4.64. The summed E-state index contributed by atoms with van der Waals surface area (Å²) < 4.78 is 28.2. The van der Waals surface area contributed by atoms with Crippen LogP contribution in [0.2, 0.25) is 0 Å². The van der Waals surface area contributed by atoms with Gasteiger partial charge in [-0.25, -0.2) is 12.7 Å². The Kier molecular flexibility index (Phi) is 7.79. The van der Waals surface area contributed by atoms with Gasteiger partial charge in [-0.1, -0.05) is 25.7 Å². The van der Waals surface area contributed by atoms with Crippen molar-refractivity contribution in [1.82, 2.24) is 14.5 Å². The van der Waals surface area contributed by atoms with Gasteiger partial charge in [0.25, 0.3) is 0 Å². The zero-order valence-electron chi connectivity index (χ0n) is 17.7. The molecule has 1 saturated heterocycles. The molecule has 3 fully saturated rings. The van der Waals surface area contributed by atoms with Crippen LogP contribution in [0.5, 0.6) is 0 Å². The van der Waals surface area contributed by atoms with Crippen LogP contribution >= 0.6 is 0 Å². The third kappa shape index (κ3) is 4.90. The second-order valence-electron chi connectivity index (χ2n) is 8.96. The Hall–Kier alpha value is -0.660. The van der Waals surface area contributed by atoms with Crippen LogP contribution in [0.4, 0.5) is 0 Å². The molecule has 3 aliphatic rings. The molecular formula is C21H39N3O3S. The first-order valence-electron chi connectivity index (χ1n) is 11.4. The van der Waals surface area contributed by atoms with Gasteiger partial charge in [0.1, 0.15) is 0 Å². The minimum atomic E-state index is -3.34. The van der Waals surface area contributed by atoms with Crippen molar-refractivity contribution in [3.63, 3.8) is 0 Å². The summed E-state index contributed by atoms with van der Waals surface area (Å²) in [6.07, 6.45) is 10.4. The van der Waals surface area contributed by atoms with Gasteiger partial charge in [-0.3, -0.25) is 4.79 Å². The van der Waals surface area contributed by atoms with Gasteiger partial charge in [-0.2, -0.15) is 0 Å². The molecular weight excluding hydrogens is 374 g/mol. The maximum absolute atomic E-state index is 13.3. The number of amides is 1. The zero-order chi connectivity index (χ0) is 20.1. The number of rotatable bonds is 6. The molecule has 0 radical (unpaired) electrons. The van der Waals surface area contributed by atoms with Crippen LogP contribution < -0.4 is 5.32 Å². The van der Waals surface area contributed by atoms with E-state index >= 15 is 0 Å². The number of nitrogens with zero attached hydrogens (tertiary/aromatic N) is 2. The molecule has 0 spiro atoms. The zero-order valence-corrected chi connectivity index (χ0v) is 18.6. The lowest BCUT2D eigenvalue weighted by Crippen LogP contribution is -2.52. The molecule has 0 bridgehead atoms. The van der Waals surface area contributed by atoms with Crippen LogP contribution in [0.25, 0.3) is 0 Å². The average molecular weight is 414 g/mol. The molecule has 28 heavy (non-hydrogen) atoms. The molecule has 1 aliphatic heterocycles. The minimum absolute atomic E-state index is 0.143. The van der Waals surface area contributed by atoms with E-state index < -0.39 is 15.3 Å². The Balaban J connectivity index is 1.65. The quantitative estimate of drug-likeness (QED) is 0.727. The Labute approximate surface area is 171 Å². The minimum Gasteiger partial charge on any atom is -0.338 e. The number of likely N-dealkylation sites (N-methyl/N-ethyl adjacent to an activating group) is 1. The Bertz CT molecular complexity index is 612. The van der Waals surface area contributed by atoms with Crippen molar-refractivity contribution in [3.8, 4) is 0 Å². The lowest BCUT2D eigenvalue weighted by molar-refractivity contribution is -0.139. The van der Waals surface area contributed by atoms with Crippen LogP contribution in [-0.2, 0) is 14.8 Å². The molecule has 3 unspecified atom stereocenters. The topological polar surface area (TPSA) is 69.7 Å². The van der Waals surface area contributed by atoms with Gasteiger partial charge in [0.2, 0.25) is 15.9 Å². The standard InChI is InChI=1S/C21H39N3O3S/c1-3-24(19-12-8-14-22-16-19)21(25)17-9-7-13-20(15-17)28(26,27)23(2)18-10-5-4-6-11-18/h17-20,22H,3-16H2,1-2H3. The van der Waals surface area contributed by atoms with Crippen molar-refractivity contribution >= 4 is 15.9 Å². The molecule has 1 amide bonds. The van der Waals surface area contributed by atoms with Gasteiger partial charge in [0, 0.05) is 38.1 Å². The van der Waals surface area contributed by atoms with Crippen LogP contribution in [0.15, 0.2) is 0 Å². The van der Waals surface area contributed by atoms with Crippen molar-refractivity contribution in [1.29, 1.82) is 0 Å². The maximum atomic E-state index is 13.3. The molecule has 0 aromatic heterocycles. The van der Waals surface area contributed by atoms with E-state index in [-0.39, 0.29) is 23.9 Å². The third-order valence-electron chi connectivity index (χ3n) is 7.22. The molecule has 162 valence electrons. The van der Waals surface area contributed by atoms with Gasteiger partial charge >= 0.3 is 0 Å². The van der Waals surface area contributed by atoms with Gasteiger partial charge in [-0.05, 0) is 58.4 Å². The second kappa shape index (κ2) is 9.90. The van der Waals surface area contributed by atoms with Gasteiger partial charge < -0.3 is 10.2 Å². The number of carbonyl (C=O) groups excluding carboxylic acids is 1. The number of nitrogens with one attached hydrogen (secondary N) is 1. The molecule has 3 rings (SSSR count). The van der Waals surface area contributed by atoms with Crippen molar-refractivity contribution in [2.45, 2.75) is 94.9 Å². The van der Waals surface area contributed by atoms with E-state index in [1.165, 1.54) is 6.42 Å². The van der Waals surface area contributed by atoms with E-state index in [4.69, 9.17) is 0 Å². The van der Waals surface area contributed by atoms with E-state index in [2.05, 4.69) is 5.32 Å². The first-order valence-corrected chi connectivity index (χ1v) is 12.9. The van der Waals surface area contributed by atoms with Crippen LogP contribution in [-0.4, -0.2) is 67.5 Å². The Morgan fingerprint density at radius 1 is 0.964 bits per heavy atom. The van der Waals surface area contributed by atoms with E-state index in [0.717, 1.165) is 64.5 Å². The highest BCUT2D eigenvalue weighted by molar-refractivity contribution is 7.89. The van der Waals surface area contributed by atoms with Crippen molar-refractivity contribution in [3.05, 3.63) is 0 Å². The summed E-state index contributed by atoms with van der Waals surface area (Å²) in [5, 5.41) is 3.00. The van der Waals surface area contributed by atoms with E-state index in [1.54, 1.807) is 11.4 Å². The van der Waals surface area contributed by atoms with Crippen LogP contribution in [0.1, 0.15) is 77.6 Å². The summed E-state index contributed by atoms with van der Waals surface area (Å²) in [5.74, 6) is 0.0339. The predicted molar refractivity (Wildman–Crippen MR) is 113 cm³/mol. The fourth-order valence-corrected chi connectivity index (χ4v) is 7.49. The Morgan fingerprint density at radius 3 is 2.32 bits per heavy atom. The molecule has 0 aromatic rings. The molecule has 6 nitrogen and oxygen atoms in total. The molecule has 1 N–H and O–H groups in total. The highest BCUT2D eigenvalue weighted by atomic mass is 32.2. The van der Waals surface area contributed by atoms with Crippen molar-refractivity contribution in [2.24, 2.45) is 5.92 Å². The average Bonchev–Trinajstić information content (AvgIpc) is 2.75. The van der Waals surface area contributed by atoms with Gasteiger partial charge in [0.15, 0.2) is 0 Å². The number of sulfonamides is 1. The monoisotopic (exact) mass is 413 g/mol. The third-order valence-corrected chi connectivity index (χ3v) is 9.59. The van der Waals surface area contributed by atoms with Crippen molar-refractivity contribution in [2.75, 3.05) is 26.7 Å². The smallest absolute Gasteiger partial charge is 0.226 e. The summed E-state index contributed by atoms with van der Waals surface area (Å²) in [4.78, 5) is 15.3. The lowest BCUT2D eigenvalue weighted by Gasteiger charge is -2.39.